The van der Waals surface area contributed by atoms with Gasteiger partial charge >= 0.3 is 0 Å². The molecule has 4 heteroatoms. The van der Waals surface area contributed by atoms with Crippen molar-refractivity contribution < 1.29 is 5.11 Å². The van der Waals surface area contributed by atoms with Gasteiger partial charge in [0.2, 0.25) is 0 Å². The van der Waals surface area contributed by atoms with E-state index in [1.165, 1.54) is 19.3 Å². The summed E-state index contributed by atoms with van der Waals surface area (Å²) in [4.78, 5) is 4.22. The van der Waals surface area contributed by atoms with E-state index >= 15 is 0 Å². The van der Waals surface area contributed by atoms with Gasteiger partial charge in [-0.1, -0.05) is 13.3 Å². The number of imidazole rings is 1. The van der Waals surface area contributed by atoms with Gasteiger partial charge in [0.1, 0.15) is 6.10 Å². The Hall–Kier alpha value is -0.870. The molecule has 2 aliphatic carbocycles. The molecule has 0 aromatic carbocycles. The number of nitrogens with zero attached hydrogens (tertiary/aromatic N) is 2. The molecule has 1 aromatic heterocycles. The van der Waals surface area contributed by atoms with Crippen LogP contribution < -0.4 is 5.73 Å². The molecule has 0 radical (unpaired) electrons. The lowest BCUT2D eigenvalue weighted by Crippen LogP contribution is -2.35. The van der Waals surface area contributed by atoms with Crippen molar-refractivity contribution in [1.82, 2.24) is 9.55 Å². The first-order chi connectivity index (χ1) is 8.66. The first kappa shape index (κ1) is 12.2. The van der Waals surface area contributed by atoms with Crippen molar-refractivity contribution in [3.05, 3.63) is 18.2 Å². The molecular weight excluding hydrogens is 226 g/mol. The number of aliphatic hydroxyl groups excluding tert-OH is 1. The fourth-order valence-electron chi connectivity index (χ4n) is 3.48. The van der Waals surface area contributed by atoms with Crippen molar-refractivity contribution in [3.8, 4) is 0 Å². The fourth-order valence-corrected chi connectivity index (χ4v) is 3.48. The van der Waals surface area contributed by atoms with Crippen LogP contribution in [0.3, 0.4) is 0 Å². The van der Waals surface area contributed by atoms with Gasteiger partial charge in [-0.2, -0.15) is 0 Å². The number of nitrogens with two attached hydrogens (primary N) is 1. The van der Waals surface area contributed by atoms with Gasteiger partial charge in [0.25, 0.3) is 0 Å². The maximum absolute atomic E-state index is 10.8. The molecule has 3 atom stereocenters. The van der Waals surface area contributed by atoms with Crippen LogP contribution in [0, 0.1) is 11.3 Å². The first-order valence-corrected chi connectivity index (χ1v) is 7.06. The van der Waals surface area contributed by atoms with E-state index in [1.807, 2.05) is 12.5 Å². The van der Waals surface area contributed by atoms with Crippen LogP contribution in [0.25, 0.3) is 0 Å². The lowest BCUT2D eigenvalue weighted by molar-refractivity contribution is 0.0246. The van der Waals surface area contributed by atoms with Crippen LogP contribution in [0.1, 0.15) is 56.9 Å². The molecule has 2 fully saturated rings. The fraction of sp³-hybridized carbons (Fsp3) is 0.786. The van der Waals surface area contributed by atoms with E-state index in [0.717, 1.165) is 18.5 Å². The Morgan fingerprint density at radius 3 is 2.89 bits per heavy atom. The predicted molar refractivity (Wildman–Crippen MR) is 70.0 cm³/mol. The van der Waals surface area contributed by atoms with Gasteiger partial charge in [0.05, 0.1) is 18.2 Å². The van der Waals surface area contributed by atoms with E-state index in [4.69, 9.17) is 5.73 Å². The smallest absolute Gasteiger partial charge is 0.102 e. The van der Waals surface area contributed by atoms with Crippen LogP contribution in [-0.2, 0) is 0 Å². The van der Waals surface area contributed by atoms with E-state index < -0.39 is 6.10 Å². The van der Waals surface area contributed by atoms with Crippen molar-refractivity contribution in [3.63, 3.8) is 0 Å². The minimum atomic E-state index is -0.462. The molecule has 0 aliphatic heterocycles. The number of hydrogen-bond acceptors (Lipinski definition) is 3. The molecule has 0 bridgehead atoms. The summed E-state index contributed by atoms with van der Waals surface area (Å²) in [6, 6.07) is 0.561. The number of hydrogen-bond donors (Lipinski definition) is 2. The average molecular weight is 249 g/mol. The van der Waals surface area contributed by atoms with Crippen LogP contribution >= 0.6 is 0 Å². The summed E-state index contributed by atoms with van der Waals surface area (Å²) in [5.41, 5.74) is 6.83. The molecule has 0 amide bonds. The summed E-state index contributed by atoms with van der Waals surface area (Å²) in [7, 11) is 0. The van der Waals surface area contributed by atoms with Gasteiger partial charge in [-0.15, -0.1) is 0 Å². The summed E-state index contributed by atoms with van der Waals surface area (Å²) in [6.45, 7) is 2.82. The van der Waals surface area contributed by atoms with Crippen LogP contribution in [0.4, 0.5) is 0 Å². The maximum Gasteiger partial charge on any atom is 0.102 e. The maximum atomic E-state index is 10.8. The van der Waals surface area contributed by atoms with Crippen molar-refractivity contribution in [1.29, 1.82) is 0 Å². The van der Waals surface area contributed by atoms with E-state index in [-0.39, 0.29) is 5.41 Å². The summed E-state index contributed by atoms with van der Waals surface area (Å²) in [5, 5.41) is 10.8. The summed E-state index contributed by atoms with van der Waals surface area (Å²) < 4.78 is 2.16. The number of rotatable bonds is 4. The Kier molecular flexibility index (Phi) is 2.94. The standard InChI is InChI=1S/C14H23N3O/c1-10-4-5-14(6-10,8-15)13(18)12-7-16-9-17(12)11-2-3-11/h7,9-11,13,18H,2-6,8,15H2,1H3. The van der Waals surface area contributed by atoms with Crippen LogP contribution in [0.5, 0.6) is 0 Å². The molecule has 3 rings (SSSR count). The van der Waals surface area contributed by atoms with Crippen LogP contribution in [0.15, 0.2) is 12.5 Å². The molecule has 3 N–H and O–H groups in total. The summed E-state index contributed by atoms with van der Waals surface area (Å²) in [5.74, 6) is 0.667. The SMILES string of the molecule is CC1CCC(CN)(C(O)c2cncn2C2CC2)C1. The Morgan fingerprint density at radius 1 is 1.56 bits per heavy atom. The largest absolute Gasteiger partial charge is 0.386 e. The topological polar surface area (TPSA) is 64.1 Å². The van der Waals surface area contributed by atoms with Gasteiger partial charge in [0.15, 0.2) is 0 Å². The molecular formula is C14H23N3O. The minimum absolute atomic E-state index is 0.133. The van der Waals surface area contributed by atoms with Crippen molar-refractivity contribution in [2.75, 3.05) is 6.54 Å². The highest BCUT2D eigenvalue weighted by atomic mass is 16.3. The molecule has 3 unspecified atom stereocenters. The third-order valence-corrected chi connectivity index (χ3v) is 4.79. The number of aliphatic hydroxyl groups is 1. The quantitative estimate of drug-likeness (QED) is 0.858. The zero-order valence-electron chi connectivity index (χ0n) is 11.0. The molecule has 18 heavy (non-hydrogen) atoms. The van der Waals surface area contributed by atoms with Gasteiger partial charge in [-0.05, 0) is 31.6 Å². The second-order valence-electron chi connectivity index (χ2n) is 6.27. The molecule has 1 heterocycles. The highest BCUT2D eigenvalue weighted by Crippen LogP contribution is 2.50. The van der Waals surface area contributed by atoms with Crippen molar-refractivity contribution in [2.45, 2.75) is 51.2 Å². The van der Waals surface area contributed by atoms with Gasteiger partial charge in [-0.25, -0.2) is 4.98 Å². The Morgan fingerprint density at radius 2 is 2.33 bits per heavy atom. The zero-order chi connectivity index (χ0) is 12.8. The molecule has 1 aromatic rings. The third-order valence-electron chi connectivity index (χ3n) is 4.79. The first-order valence-electron chi connectivity index (χ1n) is 7.06. The van der Waals surface area contributed by atoms with Crippen LogP contribution in [0.2, 0.25) is 0 Å². The highest BCUT2D eigenvalue weighted by molar-refractivity contribution is 5.12. The zero-order valence-corrected chi connectivity index (χ0v) is 11.0. The van der Waals surface area contributed by atoms with E-state index in [2.05, 4.69) is 16.5 Å². The molecule has 4 nitrogen and oxygen atoms in total. The average Bonchev–Trinajstić information content (AvgIpc) is 2.97. The second-order valence-corrected chi connectivity index (χ2v) is 6.27. The summed E-state index contributed by atoms with van der Waals surface area (Å²) in [6.07, 6.45) is 8.87. The number of aromatic nitrogens is 2. The predicted octanol–water partition coefficient (Wildman–Crippen LogP) is 2.02. The molecule has 2 aliphatic rings. The Bertz CT molecular complexity index is 426. The normalized spacial score (nSPS) is 33.8. The molecule has 2 saturated carbocycles. The third kappa shape index (κ3) is 1.88. The Balaban J connectivity index is 1.88. The Labute approximate surface area is 108 Å². The van der Waals surface area contributed by atoms with Gasteiger partial charge in [-0.3, -0.25) is 0 Å². The van der Waals surface area contributed by atoms with Crippen molar-refractivity contribution in [2.24, 2.45) is 17.1 Å². The molecule has 100 valence electrons. The molecule has 0 saturated heterocycles. The van der Waals surface area contributed by atoms with E-state index in [1.54, 1.807) is 0 Å². The van der Waals surface area contributed by atoms with Gasteiger partial charge in [0, 0.05) is 18.0 Å². The monoisotopic (exact) mass is 249 g/mol. The minimum Gasteiger partial charge on any atom is -0.386 e. The molecule has 0 spiro atoms. The van der Waals surface area contributed by atoms with Gasteiger partial charge < -0.3 is 15.4 Å². The van der Waals surface area contributed by atoms with E-state index in [9.17, 15) is 5.11 Å². The van der Waals surface area contributed by atoms with E-state index in [0.29, 0.717) is 18.5 Å². The lowest BCUT2D eigenvalue weighted by Gasteiger charge is -2.33. The lowest BCUT2D eigenvalue weighted by atomic mass is 9.78. The van der Waals surface area contributed by atoms with Crippen LogP contribution in [-0.4, -0.2) is 21.2 Å². The second kappa shape index (κ2) is 4.35. The highest BCUT2D eigenvalue weighted by Gasteiger charge is 2.44. The van der Waals surface area contributed by atoms with Crippen molar-refractivity contribution >= 4 is 0 Å². The summed E-state index contributed by atoms with van der Waals surface area (Å²) >= 11 is 0.